The van der Waals surface area contributed by atoms with Gasteiger partial charge in [-0.15, -0.1) is 0 Å². The van der Waals surface area contributed by atoms with Crippen molar-refractivity contribution in [2.75, 3.05) is 32.8 Å². The molecule has 0 radical (unpaired) electrons. The first-order chi connectivity index (χ1) is 25.4. The van der Waals surface area contributed by atoms with Crippen molar-refractivity contribution in [2.45, 2.75) is 78.0 Å². The normalized spacial score (nSPS) is 20.8. The van der Waals surface area contributed by atoms with Crippen LogP contribution in [0.5, 0.6) is 11.5 Å². The van der Waals surface area contributed by atoms with E-state index < -0.39 is 35.8 Å². The van der Waals surface area contributed by atoms with Crippen molar-refractivity contribution in [1.82, 2.24) is 40.9 Å². The molecule has 3 aromatic rings. The molecule has 0 saturated carbocycles. The van der Waals surface area contributed by atoms with Crippen LogP contribution in [0.25, 0.3) is 0 Å². The van der Waals surface area contributed by atoms with Crippen molar-refractivity contribution >= 4 is 41.1 Å². The molecule has 3 atom stereocenters. The third kappa shape index (κ3) is 10.7. The lowest BCUT2D eigenvalue weighted by Gasteiger charge is -2.27. The number of hydrogen-bond donors (Lipinski definition) is 4. The van der Waals surface area contributed by atoms with Crippen LogP contribution >= 0.6 is 11.6 Å². The predicted molar refractivity (Wildman–Crippen MR) is 195 cm³/mol. The Bertz CT molecular complexity index is 1800. The first-order valence-corrected chi connectivity index (χ1v) is 18.2. The van der Waals surface area contributed by atoms with E-state index in [0.717, 1.165) is 5.56 Å². The molecule has 2 aliphatic heterocycles. The Morgan fingerprint density at radius 1 is 0.962 bits per heavy atom. The Morgan fingerprint density at radius 3 is 2.40 bits per heavy atom. The number of carbonyl (C=O) groups is 5. The number of rotatable bonds is 5. The van der Waals surface area contributed by atoms with Crippen LogP contribution < -0.4 is 30.7 Å². The molecule has 15 nitrogen and oxygen atoms in total. The predicted octanol–water partition coefficient (Wildman–Crippen LogP) is 2.04. The molecule has 0 aliphatic carbocycles. The molecule has 0 bridgehead atoms. The lowest BCUT2D eigenvalue weighted by molar-refractivity contribution is -0.132. The van der Waals surface area contributed by atoms with Gasteiger partial charge in [0.25, 0.3) is 0 Å². The second-order valence-electron chi connectivity index (χ2n) is 13.5. The molecule has 284 valence electrons. The van der Waals surface area contributed by atoms with Gasteiger partial charge in [-0.1, -0.05) is 55.8 Å². The molecule has 0 unspecified atom stereocenters. The van der Waals surface area contributed by atoms with E-state index in [1.165, 1.54) is 4.68 Å². The van der Waals surface area contributed by atoms with Gasteiger partial charge < -0.3 is 35.6 Å². The number of nitrogens with one attached hydrogen (secondary N) is 4. The summed E-state index contributed by atoms with van der Waals surface area (Å²) >= 11 is 6.51. The second-order valence-corrected chi connectivity index (χ2v) is 14.0. The fourth-order valence-corrected chi connectivity index (χ4v) is 6.39. The molecule has 2 aliphatic rings. The molecule has 16 heteroatoms. The minimum atomic E-state index is -0.987. The summed E-state index contributed by atoms with van der Waals surface area (Å²) in [7, 11) is 0. The zero-order valence-electron chi connectivity index (χ0n) is 30.4. The van der Waals surface area contributed by atoms with Crippen molar-refractivity contribution in [2.24, 2.45) is 5.92 Å². The number of hydrogen-bond acceptors (Lipinski definition) is 9. The van der Waals surface area contributed by atoms with Crippen LogP contribution in [0.1, 0.15) is 62.4 Å². The monoisotopic (exact) mass is 750 g/mol. The van der Waals surface area contributed by atoms with Gasteiger partial charge in [-0.25, -0.2) is 9.67 Å². The van der Waals surface area contributed by atoms with Gasteiger partial charge in [0.2, 0.25) is 29.5 Å². The van der Waals surface area contributed by atoms with Gasteiger partial charge in [-0.3, -0.25) is 24.0 Å². The average molecular weight is 751 g/mol. The number of aromatic nitrogens is 3. The van der Waals surface area contributed by atoms with Crippen LogP contribution in [0.15, 0.2) is 42.5 Å². The van der Waals surface area contributed by atoms with Crippen LogP contribution in [0.2, 0.25) is 5.02 Å². The highest BCUT2D eigenvalue weighted by atomic mass is 35.5. The summed E-state index contributed by atoms with van der Waals surface area (Å²) in [6.45, 7) is 8.14. The maximum absolute atomic E-state index is 13.9. The molecule has 5 rings (SSSR count). The average Bonchev–Trinajstić information content (AvgIpc) is 3.48. The molecule has 0 fully saturated rings. The first-order valence-electron chi connectivity index (χ1n) is 17.9. The summed E-state index contributed by atoms with van der Waals surface area (Å²) in [5, 5.41) is 16.2. The minimum Gasteiger partial charge on any atom is -0.486 e. The van der Waals surface area contributed by atoms with Crippen molar-refractivity contribution in [3.05, 3.63) is 70.3 Å². The number of nitrogens with zero attached hydrogens (tertiary/aromatic N) is 4. The number of benzene rings is 2. The Hall–Kier alpha value is -5.18. The third-order valence-electron chi connectivity index (χ3n) is 8.97. The Labute approximate surface area is 313 Å². The highest BCUT2D eigenvalue weighted by Gasteiger charge is 2.31. The highest BCUT2D eigenvalue weighted by Crippen LogP contribution is 2.35. The van der Waals surface area contributed by atoms with Gasteiger partial charge in [0.05, 0.1) is 12.5 Å². The maximum Gasteiger partial charge on any atom is 0.243 e. The Kier molecular flexibility index (Phi) is 13.3. The van der Waals surface area contributed by atoms with E-state index in [4.69, 9.17) is 21.1 Å². The second kappa shape index (κ2) is 18.0. The third-order valence-corrected chi connectivity index (χ3v) is 9.32. The Balaban J connectivity index is 1.38. The first kappa shape index (κ1) is 39.0. The fourth-order valence-electron chi connectivity index (χ4n) is 6.17. The zero-order chi connectivity index (χ0) is 38.1. The summed E-state index contributed by atoms with van der Waals surface area (Å²) in [5.74, 6) is -0.366. The summed E-state index contributed by atoms with van der Waals surface area (Å²) < 4.78 is 12.7. The van der Waals surface area contributed by atoms with Crippen LogP contribution in [0, 0.1) is 12.8 Å². The summed E-state index contributed by atoms with van der Waals surface area (Å²) in [6, 6.07) is 10.0. The topological polar surface area (TPSA) is 186 Å². The molecular formula is C37H47ClN8O7. The summed E-state index contributed by atoms with van der Waals surface area (Å²) in [4.78, 5) is 73.4. The number of amides is 5. The molecule has 2 aromatic carbocycles. The van der Waals surface area contributed by atoms with Gasteiger partial charge in [-0.05, 0) is 43.4 Å². The molecule has 3 heterocycles. The summed E-state index contributed by atoms with van der Waals surface area (Å²) in [6.07, 6.45) is 0.461. The lowest BCUT2D eigenvalue weighted by atomic mass is 10.0. The fraction of sp³-hybridized carbons (Fsp3) is 0.486. The van der Waals surface area contributed by atoms with Crippen molar-refractivity contribution < 1.29 is 33.4 Å². The SMILES string of the molecule is Cc1nc2n(n1)CC(=O)NCCN(C(=O)Cc1cc3c(cc1Cl)OCCO3)CCCC(=O)N[C@@H](C)C(=O)N[C@H](Cc1ccccc1)C(=O)N[C@H]2C(C)C. The van der Waals surface area contributed by atoms with Crippen molar-refractivity contribution in [3.8, 4) is 11.5 Å². The summed E-state index contributed by atoms with van der Waals surface area (Å²) in [5.41, 5.74) is 1.38. The van der Waals surface area contributed by atoms with Crippen LogP contribution in [-0.2, 0) is 43.4 Å². The molecule has 4 N–H and O–H groups in total. The van der Waals surface area contributed by atoms with E-state index in [-0.39, 0.29) is 69.6 Å². The molecule has 1 aromatic heterocycles. The largest absolute Gasteiger partial charge is 0.486 e. The van der Waals surface area contributed by atoms with E-state index >= 15 is 0 Å². The number of fused-ring (bicyclic) bond motifs is 2. The molecule has 0 spiro atoms. The van der Waals surface area contributed by atoms with Gasteiger partial charge in [0.15, 0.2) is 17.3 Å². The molecule has 0 saturated heterocycles. The smallest absolute Gasteiger partial charge is 0.243 e. The maximum atomic E-state index is 13.9. The number of aryl methyl sites for hydroxylation is 1. The van der Waals surface area contributed by atoms with Crippen LogP contribution in [0.4, 0.5) is 0 Å². The van der Waals surface area contributed by atoms with Crippen molar-refractivity contribution in [1.29, 1.82) is 0 Å². The molecule has 5 amide bonds. The molecular weight excluding hydrogens is 704 g/mol. The van der Waals surface area contributed by atoms with Gasteiger partial charge >= 0.3 is 0 Å². The number of halogens is 1. The van der Waals surface area contributed by atoms with Crippen LogP contribution in [-0.4, -0.2) is 94.1 Å². The van der Waals surface area contributed by atoms with E-state index in [2.05, 4.69) is 31.3 Å². The van der Waals surface area contributed by atoms with E-state index in [0.29, 0.717) is 46.9 Å². The standard InChI is InChI=1S/C37H47ClN8O7/c1-22(2)34-35-41-24(4)44-46(35)21-32(48)39-12-14-45(33(49)19-26-18-29-30(20-27(26)38)53-16-15-52-29)13-8-11-31(47)40-23(3)36(50)42-28(37(51)43-34)17-25-9-6-5-7-10-25/h5-7,9-10,18,20,22-23,28,34H,8,11-17,19,21H2,1-4H3,(H,39,48)(H,40,47)(H,42,50)(H,43,51)/t23-,28+,34-/m0/s1. The van der Waals surface area contributed by atoms with E-state index in [9.17, 15) is 24.0 Å². The van der Waals surface area contributed by atoms with Gasteiger partial charge in [0.1, 0.15) is 37.7 Å². The van der Waals surface area contributed by atoms with Gasteiger partial charge in [-0.2, -0.15) is 5.10 Å². The highest BCUT2D eigenvalue weighted by molar-refractivity contribution is 6.31. The quantitative estimate of drug-likeness (QED) is 0.303. The minimum absolute atomic E-state index is 0.0248. The van der Waals surface area contributed by atoms with E-state index in [1.807, 2.05) is 44.2 Å². The lowest BCUT2D eigenvalue weighted by Crippen LogP contribution is -2.54. The molecule has 53 heavy (non-hydrogen) atoms. The van der Waals surface area contributed by atoms with E-state index in [1.54, 1.807) is 30.9 Å². The van der Waals surface area contributed by atoms with Crippen molar-refractivity contribution in [3.63, 3.8) is 0 Å². The zero-order valence-corrected chi connectivity index (χ0v) is 31.2. The van der Waals surface area contributed by atoms with Crippen LogP contribution in [0.3, 0.4) is 0 Å². The number of carbonyl (C=O) groups excluding carboxylic acids is 5. The van der Waals surface area contributed by atoms with Gasteiger partial charge in [0, 0.05) is 43.6 Å². The number of ether oxygens (including phenoxy) is 2. The Morgan fingerprint density at radius 2 is 1.68 bits per heavy atom.